The van der Waals surface area contributed by atoms with Crippen molar-refractivity contribution < 1.29 is 23.8 Å². The lowest BCUT2D eigenvalue weighted by atomic mass is 10.0. The molecule has 2 rings (SSSR count). The molecule has 0 saturated heterocycles. The molecule has 2 aromatic rings. The van der Waals surface area contributed by atoms with E-state index in [0.717, 1.165) is 30.2 Å². The maximum absolute atomic E-state index is 12.0. The van der Waals surface area contributed by atoms with Gasteiger partial charge >= 0.3 is 5.63 Å². The molecule has 152 valence electrons. The number of carbonyl (C=O) groups excluding carboxylic acids is 2. The standard InChI is InChI=1S/C21H27NO6/c1-5-6-7-14-10-18(24)28-20-13(4)16(9-8-15(14)20)27-11-17(23)22-19(12(2)3)21(25)26/h8-10,12,19H,5-7,11H2,1-4H3,(H,22,23)(H,25,26)/p-1/t19-/m0/s1. The molecular formula is C21H26NO6-. The predicted molar refractivity (Wildman–Crippen MR) is 103 cm³/mol. The van der Waals surface area contributed by atoms with Crippen LogP contribution in [0.3, 0.4) is 0 Å². The van der Waals surface area contributed by atoms with Crippen LogP contribution in [0.2, 0.25) is 0 Å². The highest BCUT2D eigenvalue weighted by atomic mass is 16.5. The van der Waals surface area contributed by atoms with E-state index >= 15 is 0 Å². The second-order valence-corrected chi connectivity index (χ2v) is 7.16. The van der Waals surface area contributed by atoms with Crippen molar-refractivity contribution in [2.45, 2.75) is 53.0 Å². The van der Waals surface area contributed by atoms with Crippen molar-refractivity contribution in [3.63, 3.8) is 0 Å². The van der Waals surface area contributed by atoms with Crippen LogP contribution in [0.4, 0.5) is 0 Å². The Kier molecular flexibility index (Phi) is 7.20. The van der Waals surface area contributed by atoms with E-state index in [0.29, 0.717) is 16.9 Å². The van der Waals surface area contributed by atoms with Crippen LogP contribution in [0, 0.1) is 12.8 Å². The van der Waals surface area contributed by atoms with Crippen molar-refractivity contribution in [3.05, 3.63) is 39.7 Å². The van der Waals surface area contributed by atoms with E-state index in [9.17, 15) is 19.5 Å². The van der Waals surface area contributed by atoms with Crippen molar-refractivity contribution in [2.24, 2.45) is 5.92 Å². The molecule has 1 aromatic carbocycles. The second kappa shape index (κ2) is 9.39. The van der Waals surface area contributed by atoms with Gasteiger partial charge in [-0.2, -0.15) is 0 Å². The Morgan fingerprint density at radius 3 is 2.61 bits per heavy atom. The molecule has 0 aliphatic heterocycles. The average Bonchev–Trinajstić information content (AvgIpc) is 2.63. The summed E-state index contributed by atoms with van der Waals surface area (Å²) in [6.45, 7) is 6.82. The van der Waals surface area contributed by atoms with Crippen LogP contribution in [0.15, 0.2) is 27.4 Å². The lowest BCUT2D eigenvalue weighted by Gasteiger charge is -2.23. The molecule has 1 heterocycles. The van der Waals surface area contributed by atoms with Gasteiger partial charge in [-0.15, -0.1) is 0 Å². The van der Waals surface area contributed by atoms with Gasteiger partial charge in [-0.25, -0.2) is 4.79 Å². The lowest BCUT2D eigenvalue weighted by molar-refractivity contribution is -0.309. The summed E-state index contributed by atoms with van der Waals surface area (Å²) in [4.78, 5) is 35.0. The Morgan fingerprint density at radius 1 is 1.29 bits per heavy atom. The van der Waals surface area contributed by atoms with Gasteiger partial charge in [0.2, 0.25) is 0 Å². The largest absolute Gasteiger partial charge is 0.548 e. The number of rotatable bonds is 9. The maximum Gasteiger partial charge on any atom is 0.336 e. The Labute approximate surface area is 163 Å². The van der Waals surface area contributed by atoms with Crippen LogP contribution in [0.5, 0.6) is 5.75 Å². The molecule has 0 saturated carbocycles. The highest BCUT2D eigenvalue weighted by Crippen LogP contribution is 2.29. The molecule has 1 N–H and O–H groups in total. The van der Waals surface area contributed by atoms with Crippen LogP contribution >= 0.6 is 0 Å². The number of amides is 1. The number of carboxylic acid groups (broad SMARTS) is 1. The van der Waals surface area contributed by atoms with Crippen LogP contribution in [-0.2, 0) is 16.0 Å². The van der Waals surface area contributed by atoms with Gasteiger partial charge in [0, 0.05) is 17.0 Å². The third kappa shape index (κ3) is 5.12. The fourth-order valence-electron chi connectivity index (χ4n) is 2.99. The van der Waals surface area contributed by atoms with Gasteiger partial charge in [0.1, 0.15) is 11.3 Å². The fourth-order valence-corrected chi connectivity index (χ4v) is 2.99. The summed E-state index contributed by atoms with van der Waals surface area (Å²) in [5, 5.41) is 14.3. The molecule has 1 amide bonds. The first-order valence-corrected chi connectivity index (χ1v) is 9.44. The maximum atomic E-state index is 12.0. The molecule has 0 bridgehead atoms. The van der Waals surface area contributed by atoms with Crippen LogP contribution in [0.1, 0.15) is 44.7 Å². The van der Waals surface area contributed by atoms with E-state index in [1.54, 1.807) is 26.8 Å². The smallest absolute Gasteiger partial charge is 0.336 e. The third-order valence-electron chi connectivity index (χ3n) is 4.59. The highest BCUT2D eigenvalue weighted by molar-refractivity contribution is 5.86. The number of aliphatic carboxylic acids is 1. The van der Waals surface area contributed by atoms with Gasteiger partial charge in [0.25, 0.3) is 5.91 Å². The Bertz CT molecular complexity index is 915. The van der Waals surface area contributed by atoms with Crippen molar-refractivity contribution >= 4 is 22.8 Å². The van der Waals surface area contributed by atoms with E-state index in [2.05, 4.69) is 12.2 Å². The minimum Gasteiger partial charge on any atom is -0.548 e. The molecule has 0 aliphatic carbocycles. The molecule has 1 aromatic heterocycles. The molecule has 0 spiro atoms. The SMILES string of the molecule is CCCCc1cc(=O)oc2c(C)c(OCC(=O)N[C@H](C(=O)[O-])C(C)C)ccc12. The monoisotopic (exact) mass is 388 g/mol. The predicted octanol–water partition coefficient (Wildman–Crippen LogP) is 1.71. The van der Waals surface area contributed by atoms with Crippen LogP contribution in [0.25, 0.3) is 11.0 Å². The number of carboxylic acids is 1. The van der Waals surface area contributed by atoms with E-state index in [1.807, 2.05) is 6.07 Å². The lowest BCUT2D eigenvalue weighted by Crippen LogP contribution is -2.51. The molecule has 0 radical (unpaired) electrons. The minimum atomic E-state index is -1.34. The van der Waals surface area contributed by atoms with Crippen molar-refractivity contribution in [1.82, 2.24) is 5.32 Å². The number of ether oxygens (including phenoxy) is 1. The van der Waals surface area contributed by atoms with Gasteiger partial charge in [-0.05, 0) is 43.4 Å². The molecule has 1 atom stereocenters. The number of hydrogen-bond donors (Lipinski definition) is 1. The molecule has 28 heavy (non-hydrogen) atoms. The number of unbranched alkanes of at least 4 members (excludes halogenated alkanes) is 1. The summed E-state index contributed by atoms with van der Waals surface area (Å²) < 4.78 is 10.9. The summed E-state index contributed by atoms with van der Waals surface area (Å²) >= 11 is 0. The van der Waals surface area contributed by atoms with E-state index in [1.165, 1.54) is 6.07 Å². The Morgan fingerprint density at radius 2 is 2.00 bits per heavy atom. The van der Waals surface area contributed by atoms with Gasteiger partial charge < -0.3 is 24.4 Å². The minimum absolute atomic E-state index is 0.313. The number of hydrogen-bond acceptors (Lipinski definition) is 6. The summed E-state index contributed by atoms with van der Waals surface area (Å²) in [6, 6.07) is 3.95. The number of benzene rings is 1. The van der Waals surface area contributed by atoms with Crippen LogP contribution < -0.4 is 20.8 Å². The van der Waals surface area contributed by atoms with E-state index in [4.69, 9.17) is 9.15 Å². The number of carbonyl (C=O) groups is 2. The third-order valence-corrected chi connectivity index (χ3v) is 4.59. The molecular weight excluding hydrogens is 362 g/mol. The topological polar surface area (TPSA) is 109 Å². The van der Waals surface area contributed by atoms with Gasteiger partial charge in [0.15, 0.2) is 6.61 Å². The van der Waals surface area contributed by atoms with Crippen molar-refractivity contribution in [2.75, 3.05) is 6.61 Å². The molecule has 7 heteroatoms. The molecule has 7 nitrogen and oxygen atoms in total. The van der Waals surface area contributed by atoms with E-state index in [-0.39, 0.29) is 12.5 Å². The summed E-state index contributed by atoms with van der Waals surface area (Å²) in [5.74, 6) is -1.83. The zero-order valence-corrected chi connectivity index (χ0v) is 16.7. The first-order chi connectivity index (χ1) is 13.2. The number of nitrogens with one attached hydrogen (secondary N) is 1. The fraction of sp³-hybridized carbons (Fsp3) is 0.476. The van der Waals surface area contributed by atoms with Crippen molar-refractivity contribution in [1.29, 1.82) is 0 Å². The second-order valence-electron chi connectivity index (χ2n) is 7.16. The van der Waals surface area contributed by atoms with Gasteiger partial charge in [-0.3, -0.25) is 4.79 Å². The first-order valence-electron chi connectivity index (χ1n) is 9.44. The zero-order valence-electron chi connectivity index (χ0n) is 16.7. The number of fused-ring (bicyclic) bond motifs is 1. The normalized spacial score (nSPS) is 12.2. The highest BCUT2D eigenvalue weighted by Gasteiger charge is 2.18. The van der Waals surface area contributed by atoms with Gasteiger partial charge in [-0.1, -0.05) is 27.2 Å². The summed E-state index contributed by atoms with van der Waals surface area (Å²) in [5.41, 5.74) is 1.55. The Balaban J connectivity index is 2.20. The summed E-state index contributed by atoms with van der Waals surface area (Å²) in [6.07, 6.45) is 2.76. The molecule has 0 aliphatic rings. The number of aryl methyl sites for hydroxylation is 2. The molecule has 0 fully saturated rings. The van der Waals surface area contributed by atoms with Gasteiger partial charge in [0.05, 0.1) is 12.0 Å². The average molecular weight is 388 g/mol. The summed E-state index contributed by atoms with van der Waals surface area (Å²) in [7, 11) is 0. The van der Waals surface area contributed by atoms with Crippen molar-refractivity contribution in [3.8, 4) is 5.75 Å². The molecule has 0 unspecified atom stereocenters. The first kappa shape index (κ1) is 21.5. The van der Waals surface area contributed by atoms with E-state index < -0.39 is 23.5 Å². The quantitative estimate of drug-likeness (QED) is 0.655. The zero-order chi connectivity index (χ0) is 20.8. The van der Waals surface area contributed by atoms with Crippen LogP contribution in [-0.4, -0.2) is 24.5 Å². The Hall–Kier alpha value is -2.83.